The van der Waals surface area contributed by atoms with Gasteiger partial charge in [0.25, 0.3) is 0 Å². The Hall–Kier alpha value is -0.280. The van der Waals surface area contributed by atoms with Crippen LogP contribution in [0.5, 0.6) is 0 Å². The molecule has 0 aromatic rings. The highest BCUT2D eigenvalue weighted by molar-refractivity contribution is 8.06. The number of unbranched alkanes of at least 4 members (excludes halogenated alkanes) is 24. The number of carbonyl (C=O) groups is 2. The SMILES string of the molecule is CCCCCCCCCCCCCCCC(=O)OC[C@H](COP(=O)(O)O[C@H]1[C@H](O)[C@@H](OP(=O)(O)O)[C@H](OP(=O)(O)O)[C@@H](OP(O)(O)=S)[C@H]1O)OC(=O)CCCCCCCCCCCCCCC. The monoisotopic (exact) mass is 1070 g/mol. The lowest BCUT2D eigenvalue weighted by molar-refractivity contribution is -0.208. The van der Waals surface area contributed by atoms with Gasteiger partial charge in [-0.3, -0.25) is 32.2 Å². The minimum atomic E-state index is -5.73. The van der Waals surface area contributed by atoms with E-state index in [4.69, 9.17) is 23.0 Å². The van der Waals surface area contributed by atoms with Crippen molar-refractivity contribution >= 4 is 53.9 Å². The molecule has 9 N–H and O–H groups in total. The largest absolute Gasteiger partial charge is 0.472 e. The van der Waals surface area contributed by atoms with Crippen molar-refractivity contribution in [1.29, 1.82) is 0 Å². The molecule has 0 saturated heterocycles. The Morgan fingerprint density at radius 2 is 0.806 bits per heavy atom. The van der Waals surface area contributed by atoms with Crippen LogP contribution < -0.4 is 0 Å². The smallest absolute Gasteiger partial charge is 0.462 e. The van der Waals surface area contributed by atoms with Gasteiger partial charge in [-0.15, -0.1) is 0 Å². The molecule has 0 aromatic carbocycles. The Kier molecular flexibility index (Phi) is 34.6. The molecule has 26 heteroatoms. The predicted octanol–water partition coefficient (Wildman–Crippen LogP) is 8.19. The molecular weight excluding hydrogens is 984 g/mol. The van der Waals surface area contributed by atoms with Crippen LogP contribution in [0, 0.1) is 0 Å². The minimum Gasteiger partial charge on any atom is -0.462 e. The molecule has 1 rings (SSSR count). The molecule has 1 unspecified atom stereocenters. The molecule has 21 nitrogen and oxygen atoms in total. The van der Waals surface area contributed by atoms with E-state index in [2.05, 4.69) is 34.7 Å². The molecule has 0 bridgehead atoms. The number of rotatable bonds is 42. The highest BCUT2D eigenvalue weighted by Gasteiger charge is 2.58. The third kappa shape index (κ3) is 33.9. The highest BCUT2D eigenvalue weighted by Crippen LogP contribution is 2.53. The topological polar surface area (TPSA) is 332 Å². The van der Waals surface area contributed by atoms with Gasteiger partial charge in [-0.2, -0.15) is 0 Å². The fourth-order valence-electron chi connectivity index (χ4n) is 7.67. The molecular formula is C41H82O21P4S. The van der Waals surface area contributed by atoms with E-state index in [1.54, 1.807) is 0 Å². The van der Waals surface area contributed by atoms with E-state index in [1.807, 2.05) is 0 Å². The maximum Gasteiger partial charge on any atom is 0.472 e. The zero-order chi connectivity index (χ0) is 50.4. The van der Waals surface area contributed by atoms with E-state index in [0.717, 1.165) is 57.8 Å². The molecule has 1 aliphatic carbocycles. The van der Waals surface area contributed by atoms with E-state index < -0.39 is 98.1 Å². The quantitative estimate of drug-likeness (QED) is 0.0158. The van der Waals surface area contributed by atoms with E-state index in [1.165, 1.54) is 96.3 Å². The number of ether oxygens (including phenoxy) is 2. The molecule has 8 atom stereocenters. The first kappa shape index (κ1) is 64.7. The number of hydrogen-bond donors (Lipinski definition) is 9. The van der Waals surface area contributed by atoms with Crippen LogP contribution in [0.25, 0.3) is 0 Å². The molecule has 0 spiro atoms. The molecule has 0 heterocycles. The summed E-state index contributed by atoms with van der Waals surface area (Å²) in [7, 11) is -17.0. The van der Waals surface area contributed by atoms with E-state index in [0.29, 0.717) is 12.8 Å². The first-order chi connectivity index (χ1) is 31.5. The molecule has 1 saturated carbocycles. The number of phosphoric acid groups is 3. The summed E-state index contributed by atoms with van der Waals surface area (Å²) in [5.41, 5.74) is 0. The first-order valence-corrected chi connectivity index (χ1v) is 31.3. The van der Waals surface area contributed by atoms with Gasteiger partial charge in [-0.1, -0.05) is 168 Å². The Morgan fingerprint density at radius 1 is 0.463 bits per heavy atom. The van der Waals surface area contributed by atoms with Crippen LogP contribution in [0.2, 0.25) is 0 Å². The molecule has 0 radical (unpaired) electrons. The lowest BCUT2D eigenvalue weighted by Crippen LogP contribution is -2.65. The molecule has 1 fully saturated rings. The lowest BCUT2D eigenvalue weighted by atomic mass is 9.85. The standard InChI is InChI=1S/C41H82O21P4S/c1-3-5-7-9-11-13-15-17-19-21-23-25-27-29-34(42)56-31-33(58-35(43)30-28-26-24-22-20-18-16-14-12-10-8-6-4-2)32-57-65(52,53)61-38-36(44)39(59-63(46,47)48)41(60-64(49,50)51)40(37(38)45)62-66(54,55)67/h33,36-41,44-45H,3-32H2,1-2H3,(H,52,53)(H2,46,47,48)(H2,49,50,51)(H2,54,55,67)/t33-,36+,37+,38+,39-,40+,41+/m1/s1. The van der Waals surface area contributed by atoms with Crippen molar-refractivity contribution in [3.8, 4) is 0 Å². The lowest BCUT2D eigenvalue weighted by Gasteiger charge is -2.46. The number of esters is 2. The van der Waals surface area contributed by atoms with E-state index >= 15 is 0 Å². The second-order valence-electron chi connectivity index (χ2n) is 17.3. The van der Waals surface area contributed by atoms with Crippen LogP contribution in [0.4, 0.5) is 0 Å². The number of carbonyl (C=O) groups excluding carboxylic acids is 2. The van der Waals surface area contributed by atoms with Crippen molar-refractivity contribution < 1.29 is 99.8 Å². The van der Waals surface area contributed by atoms with Crippen LogP contribution in [-0.2, 0) is 67.2 Å². The van der Waals surface area contributed by atoms with Gasteiger partial charge in [0.2, 0.25) is 0 Å². The van der Waals surface area contributed by atoms with Crippen LogP contribution in [0.3, 0.4) is 0 Å². The van der Waals surface area contributed by atoms with E-state index in [-0.39, 0.29) is 12.8 Å². The summed E-state index contributed by atoms with van der Waals surface area (Å²) in [6, 6.07) is 0. The van der Waals surface area contributed by atoms with Crippen molar-refractivity contribution in [1.82, 2.24) is 0 Å². The number of phosphoric ester groups is 3. The fourth-order valence-corrected chi connectivity index (χ4v) is 10.6. The van der Waals surface area contributed by atoms with Gasteiger partial charge in [0.1, 0.15) is 43.2 Å². The Balaban J connectivity index is 2.91. The van der Waals surface area contributed by atoms with Gasteiger partial charge in [0.15, 0.2) is 6.10 Å². The highest BCUT2D eigenvalue weighted by atomic mass is 32.5. The summed E-state index contributed by atoms with van der Waals surface area (Å²) in [5.74, 6) is -1.35. The normalized spacial score (nSPS) is 21.8. The average Bonchev–Trinajstić information content (AvgIpc) is 3.22. The molecule has 0 aromatic heterocycles. The van der Waals surface area contributed by atoms with Gasteiger partial charge in [0.05, 0.1) is 6.61 Å². The van der Waals surface area contributed by atoms with Gasteiger partial charge in [0, 0.05) is 12.8 Å². The Morgan fingerprint density at radius 3 is 1.18 bits per heavy atom. The van der Waals surface area contributed by atoms with Crippen LogP contribution >= 0.6 is 30.2 Å². The summed E-state index contributed by atoms with van der Waals surface area (Å²) in [6.45, 7) is -2.13. The van der Waals surface area contributed by atoms with Crippen molar-refractivity contribution in [2.24, 2.45) is 0 Å². The zero-order valence-corrected chi connectivity index (χ0v) is 43.8. The van der Waals surface area contributed by atoms with Crippen LogP contribution in [0.15, 0.2) is 0 Å². The minimum absolute atomic E-state index is 0.0299. The summed E-state index contributed by atoms with van der Waals surface area (Å²) in [6.07, 6.45) is 11.4. The second kappa shape index (κ2) is 35.8. The summed E-state index contributed by atoms with van der Waals surface area (Å²) in [5, 5.41) is 22.0. The van der Waals surface area contributed by atoms with Gasteiger partial charge in [-0.25, -0.2) is 13.7 Å². The van der Waals surface area contributed by atoms with Gasteiger partial charge >= 0.3 is 42.1 Å². The zero-order valence-electron chi connectivity index (χ0n) is 39.4. The van der Waals surface area contributed by atoms with E-state index in [9.17, 15) is 67.8 Å². The number of aliphatic hydroxyl groups excluding tert-OH is 2. The molecule has 0 amide bonds. The van der Waals surface area contributed by atoms with Gasteiger partial charge in [-0.05, 0) is 24.6 Å². The van der Waals surface area contributed by atoms with Crippen molar-refractivity contribution in [2.75, 3.05) is 13.2 Å². The number of aliphatic hydroxyl groups is 2. The predicted molar refractivity (Wildman–Crippen MR) is 252 cm³/mol. The third-order valence-corrected chi connectivity index (χ3v) is 13.9. The van der Waals surface area contributed by atoms with Gasteiger partial charge < -0.3 is 53.9 Å². The Labute approximate surface area is 402 Å². The fraction of sp³-hybridized carbons (Fsp3) is 0.951. The maximum absolute atomic E-state index is 13.3. The molecule has 1 aliphatic rings. The number of hydrogen-bond acceptors (Lipinski definition) is 15. The molecule has 398 valence electrons. The summed E-state index contributed by atoms with van der Waals surface area (Å²) >= 11 is 4.37. The summed E-state index contributed by atoms with van der Waals surface area (Å²) < 4.78 is 71.1. The molecule has 0 aliphatic heterocycles. The van der Waals surface area contributed by atoms with Crippen LogP contribution in [0.1, 0.15) is 194 Å². The first-order valence-electron chi connectivity index (χ1n) is 24.1. The van der Waals surface area contributed by atoms with Crippen molar-refractivity contribution in [2.45, 2.75) is 236 Å². The summed E-state index contributed by atoms with van der Waals surface area (Å²) in [4.78, 5) is 93.7. The average molecular weight is 1070 g/mol. The molecule has 67 heavy (non-hydrogen) atoms. The maximum atomic E-state index is 13.3. The second-order valence-corrected chi connectivity index (χ2v) is 23.7. The third-order valence-electron chi connectivity index (χ3n) is 11.1. The van der Waals surface area contributed by atoms with Crippen molar-refractivity contribution in [3.63, 3.8) is 0 Å². The Bertz CT molecular complexity index is 1490. The van der Waals surface area contributed by atoms with Crippen LogP contribution in [-0.4, -0.2) is 112 Å². The van der Waals surface area contributed by atoms with Crippen molar-refractivity contribution in [3.05, 3.63) is 0 Å².